The minimum absolute atomic E-state index is 0. The Kier molecular flexibility index (Phi) is 6.12. The first-order valence-corrected chi connectivity index (χ1v) is 8.07. The second-order valence-corrected chi connectivity index (χ2v) is 6.45. The number of hydrogen-bond acceptors (Lipinski definition) is 3. The van der Waals surface area contributed by atoms with Gasteiger partial charge in [-0.25, -0.2) is 0 Å². The van der Waals surface area contributed by atoms with E-state index in [-0.39, 0.29) is 18.4 Å². The topological polar surface area (TPSA) is 35.6 Å². The molecule has 116 valence electrons. The number of hydrogen-bond donors (Lipinski definition) is 1. The minimum atomic E-state index is 0. The molecule has 0 aromatic heterocycles. The Morgan fingerprint density at radius 1 is 1.05 bits per heavy atom. The monoisotopic (exact) mass is 301 g/mol. The van der Waals surface area contributed by atoms with Crippen molar-refractivity contribution in [3.05, 3.63) is 0 Å². The van der Waals surface area contributed by atoms with Gasteiger partial charge in [-0.2, -0.15) is 0 Å². The second kappa shape index (κ2) is 7.62. The summed E-state index contributed by atoms with van der Waals surface area (Å²) in [6.45, 7) is 6.75. The fourth-order valence-corrected chi connectivity index (χ4v) is 3.80. The van der Waals surface area contributed by atoms with Crippen LogP contribution in [-0.4, -0.2) is 61.0 Å². The molecule has 4 nitrogen and oxygen atoms in total. The summed E-state index contributed by atoms with van der Waals surface area (Å²) in [7, 11) is 0. The van der Waals surface area contributed by atoms with Crippen molar-refractivity contribution in [3.8, 4) is 0 Å². The molecule has 0 spiro atoms. The lowest BCUT2D eigenvalue weighted by Crippen LogP contribution is -2.43. The standard InChI is InChI=1S/C15H27N3O.ClH/c19-15(14-5-4-7-16-14)18-10-6-13(12-18)11-17-8-2-1-3-9-17;/h13-14,16H,1-12H2;1H/t13?,14-;/m0./s1. The fourth-order valence-electron chi connectivity index (χ4n) is 3.80. The molecule has 2 atom stereocenters. The van der Waals surface area contributed by atoms with Gasteiger partial charge in [0, 0.05) is 19.6 Å². The summed E-state index contributed by atoms with van der Waals surface area (Å²) in [6, 6.07) is 0.119. The van der Waals surface area contributed by atoms with Crippen LogP contribution in [0.2, 0.25) is 0 Å². The van der Waals surface area contributed by atoms with E-state index >= 15 is 0 Å². The number of piperidine rings is 1. The zero-order valence-corrected chi connectivity index (χ0v) is 13.2. The summed E-state index contributed by atoms with van der Waals surface area (Å²) in [5, 5.41) is 3.33. The lowest BCUT2D eigenvalue weighted by Gasteiger charge is -2.29. The van der Waals surface area contributed by atoms with Gasteiger partial charge < -0.3 is 15.1 Å². The van der Waals surface area contributed by atoms with Gasteiger partial charge in [0.05, 0.1) is 6.04 Å². The SMILES string of the molecule is Cl.O=C([C@@H]1CCCN1)N1CCC(CN2CCCCC2)C1. The molecule has 1 amide bonds. The third-order valence-electron chi connectivity index (χ3n) is 4.92. The quantitative estimate of drug-likeness (QED) is 0.858. The molecule has 3 aliphatic rings. The zero-order chi connectivity index (χ0) is 13.1. The molecular formula is C15H28ClN3O. The first-order chi connectivity index (χ1) is 9.33. The molecule has 3 fully saturated rings. The van der Waals surface area contributed by atoms with Crippen LogP contribution in [0.3, 0.4) is 0 Å². The second-order valence-electron chi connectivity index (χ2n) is 6.45. The Labute approximate surface area is 128 Å². The van der Waals surface area contributed by atoms with Gasteiger partial charge in [-0.15, -0.1) is 12.4 Å². The van der Waals surface area contributed by atoms with Crippen molar-refractivity contribution >= 4 is 18.3 Å². The molecule has 5 heteroatoms. The van der Waals surface area contributed by atoms with Crippen LogP contribution in [-0.2, 0) is 4.79 Å². The molecule has 3 rings (SSSR count). The largest absolute Gasteiger partial charge is 0.341 e. The summed E-state index contributed by atoms with van der Waals surface area (Å²) < 4.78 is 0. The molecule has 0 radical (unpaired) electrons. The predicted molar refractivity (Wildman–Crippen MR) is 83.3 cm³/mol. The van der Waals surface area contributed by atoms with Crippen LogP contribution < -0.4 is 5.32 Å². The number of rotatable bonds is 3. The van der Waals surface area contributed by atoms with Gasteiger partial charge in [0.15, 0.2) is 0 Å². The molecule has 3 heterocycles. The van der Waals surface area contributed by atoms with E-state index in [4.69, 9.17) is 0 Å². The van der Waals surface area contributed by atoms with Gasteiger partial charge in [-0.05, 0) is 57.7 Å². The Morgan fingerprint density at radius 3 is 2.55 bits per heavy atom. The first kappa shape index (κ1) is 16.1. The zero-order valence-electron chi connectivity index (χ0n) is 12.4. The summed E-state index contributed by atoms with van der Waals surface area (Å²) in [5.41, 5.74) is 0. The Bertz CT molecular complexity index is 314. The lowest BCUT2D eigenvalue weighted by atomic mass is 10.1. The molecule has 20 heavy (non-hydrogen) atoms. The Hall–Kier alpha value is -0.320. The van der Waals surface area contributed by atoms with Crippen molar-refractivity contribution in [2.45, 2.75) is 44.6 Å². The summed E-state index contributed by atoms with van der Waals surface area (Å²) in [6.07, 6.45) is 7.52. The van der Waals surface area contributed by atoms with Crippen molar-refractivity contribution in [2.24, 2.45) is 5.92 Å². The lowest BCUT2D eigenvalue weighted by molar-refractivity contribution is -0.132. The molecular weight excluding hydrogens is 274 g/mol. The van der Waals surface area contributed by atoms with E-state index in [0.29, 0.717) is 11.8 Å². The third-order valence-corrected chi connectivity index (χ3v) is 4.92. The number of amides is 1. The third kappa shape index (κ3) is 3.86. The van der Waals surface area contributed by atoms with Crippen LogP contribution in [0.4, 0.5) is 0 Å². The van der Waals surface area contributed by atoms with Gasteiger partial charge in [0.2, 0.25) is 5.91 Å². The molecule has 0 aromatic rings. The molecule has 3 saturated heterocycles. The minimum Gasteiger partial charge on any atom is -0.341 e. The normalized spacial score (nSPS) is 31.3. The average molecular weight is 302 g/mol. The molecule has 0 saturated carbocycles. The van der Waals surface area contributed by atoms with E-state index < -0.39 is 0 Å². The maximum Gasteiger partial charge on any atom is 0.239 e. The van der Waals surface area contributed by atoms with Crippen LogP contribution in [0.15, 0.2) is 0 Å². The van der Waals surface area contributed by atoms with Gasteiger partial charge in [0.25, 0.3) is 0 Å². The molecule has 0 aliphatic carbocycles. The number of carbonyl (C=O) groups is 1. The number of halogens is 1. The number of nitrogens with zero attached hydrogens (tertiary/aromatic N) is 2. The van der Waals surface area contributed by atoms with E-state index in [0.717, 1.165) is 32.5 Å². The highest BCUT2D eigenvalue weighted by Crippen LogP contribution is 2.21. The highest BCUT2D eigenvalue weighted by molar-refractivity contribution is 5.85. The highest BCUT2D eigenvalue weighted by atomic mass is 35.5. The van der Waals surface area contributed by atoms with Crippen molar-refractivity contribution in [2.75, 3.05) is 39.3 Å². The van der Waals surface area contributed by atoms with E-state index in [1.807, 2.05) is 0 Å². The maximum atomic E-state index is 12.3. The Balaban J connectivity index is 0.00000147. The maximum absolute atomic E-state index is 12.3. The van der Waals surface area contributed by atoms with E-state index in [1.54, 1.807) is 0 Å². The fraction of sp³-hybridized carbons (Fsp3) is 0.933. The smallest absolute Gasteiger partial charge is 0.239 e. The van der Waals surface area contributed by atoms with Gasteiger partial charge in [-0.3, -0.25) is 4.79 Å². The van der Waals surface area contributed by atoms with Crippen LogP contribution in [0.25, 0.3) is 0 Å². The van der Waals surface area contributed by atoms with Crippen molar-refractivity contribution in [3.63, 3.8) is 0 Å². The molecule has 1 N–H and O–H groups in total. The average Bonchev–Trinajstić information content (AvgIpc) is 3.10. The summed E-state index contributed by atoms with van der Waals surface area (Å²) >= 11 is 0. The van der Waals surface area contributed by atoms with Crippen LogP contribution >= 0.6 is 12.4 Å². The predicted octanol–water partition coefficient (Wildman–Crippen LogP) is 1.49. The van der Waals surface area contributed by atoms with E-state index in [2.05, 4.69) is 15.1 Å². The molecule has 0 bridgehead atoms. The van der Waals surface area contributed by atoms with Crippen LogP contribution in [0.1, 0.15) is 38.5 Å². The number of likely N-dealkylation sites (tertiary alicyclic amines) is 2. The van der Waals surface area contributed by atoms with Gasteiger partial charge >= 0.3 is 0 Å². The van der Waals surface area contributed by atoms with Crippen LogP contribution in [0.5, 0.6) is 0 Å². The number of carbonyl (C=O) groups excluding carboxylic acids is 1. The number of nitrogens with one attached hydrogen (secondary N) is 1. The summed E-state index contributed by atoms with van der Waals surface area (Å²) in [4.78, 5) is 17.1. The molecule has 1 unspecified atom stereocenters. The first-order valence-electron chi connectivity index (χ1n) is 8.07. The Morgan fingerprint density at radius 2 is 1.85 bits per heavy atom. The van der Waals surface area contributed by atoms with Crippen LogP contribution in [0, 0.1) is 5.92 Å². The van der Waals surface area contributed by atoms with Crippen molar-refractivity contribution in [1.82, 2.24) is 15.1 Å². The van der Waals surface area contributed by atoms with Crippen molar-refractivity contribution < 1.29 is 4.79 Å². The van der Waals surface area contributed by atoms with Gasteiger partial charge in [-0.1, -0.05) is 6.42 Å². The summed E-state index contributed by atoms with van der Waals surface area (Å²) in [5.74, 6) is 1.07. The van der Waals surface area contributed by atoms with Crippen molar-refractivity contribution in [1.29, 1.82) is 0 Å². The van der Waals surface area contributed by atoms with E-state index in [9.17, 15) is 4.79 Å². The molecule has 3 aliphatic heterocycles. The molecule has 0 aromatic carbocycles. The highest BCUT2D eigenvalue weighted by Gasteiger charge is 2.32. The van der Waals surface area contributed by atoms with Gasteiger partial charge in [0.1, 0.15) is 0 Å². The van der Waals surface area contributed by atoms with E-state index in [1.165, 1.54) is 45.3 Å².